The van der Waals surface area contributed by atoms with Crippen LogP contribution < -0.4 is 5.32 Å². The average Bonchev–Trinajstić information content (AvgIpc) is 3.05. The highest BCUT2D eigenvalue weighted by molar-refractivity contribution is 7.26. The molecule has 0 bridgehead atoms. The van der Waals surface area contributed by atoms with Crippen LogP contribution in [-0.2, 0) is 24.3 Å². The third kappa shape index (κ3) is 2.93. The summed E-state index contributed by atoms with van der Waals surface area (Å²) >= 11 is 1.67. The summed E-state index contributed by atoms with van der Waals surface area (Å²) in [5, 5.41) is 4.65. The lowest BCUT2D eigenvalue weighted by atomic mass is 9.89. The van der Waals surface area contributed by atoms with E-state index in [-0.39, 0.29) is 5.60 Å². The van der Waals surface area contributed by atoms with Crippen LogP contribution in [0.3, 0.4) is 0 Å². The number of benzene rings is 1. The van der Waals surface area contributed by atoms with Crippen molar-refractivity contribution in [3.05, 3.63) is 59.0 Å². The van der Waals surface area contributed by atoms with Crippen molar-refractivity contribution >= 4 is 37.6 Å². The smallest absolute Gasteiger partial charge is 0.147 e. The monoisotopic (exact) mass is 390 g/mol. The molecule has 0 fully saturated rings. The molecule has 0 aliphatic carbocycles. The second kappa shape index (κ2) is 6.50. The highest BCUT2D eigenvalue weighted by Crippen LogP contribution is 2.41. The van der Waals surface area contributed by atoms with Gasteiger partial charge in [-0.05, 0) is 31.9 Å². The molecule has 0 spiro atoms. The molecule has 0 radical (unpaired) electrons. The molecular formula is C22H22N4OS. The van der Waals surface area contributed by atoms with Crippen LogP contribution in [0, 0.1) is 6.92 Å². The van der Waals surface area contributed by atoms with Gasteiger partial charge in [-0.3, -0.25) is 0 Å². The molecule has 0 atom stereocenters. The van der Waals surface area contributed by atoms with Crippen molar-refractivity contribution in [2.75, 3.05) is 5.32 Å². The molecule has 1 N–H and O–H groups in total. The number of rotatable bonds is 3. The summed E-state index contributed by atoms with van der Waals surface area (Å²) in [4.78, 5) is 15.1. The minimum atomic E-state index is -0.177. The maximum absolute atomic E-state index is 6.04. The first-order valence-electron chi connectivity index (χ1n) is 9.49. The Morgan fingerprint density at radius 1 is 1.14 bits per heavy atom. The predicted molar refractivity (Wildman–Crippen MR) is 114 cm³/mol. The first kappa shape index (κ1) is 17.5. The molecule has 1 aliphatic rings. The maximum atomic E-state index is 6.04. The van der Waals surface area contributed by atoms with Crippen molar-refractivity contribution in [2.45, 2.75) is 45.9 Å². The lowest BCUT2D eigenvalue weighted by Crippen LogP contribution is -2.32. The quantitative estimate of drug-likeness (QED) is 0.533. The van der Waals surface area contributed by atoms with Gasteiger partial charge in [-0.2, -0.15) is 0 Å². The second-order valence-electron chi connectivity index (χ2n) is 7.90. The Bertz CT molecular complexity index is 1180. The fraction of sp³-hybridized carbons (Fsp3) is 0.318. The van der Waals surface area contributed by atoms with Gasteiger partial charge in [0.2, 0.25) is 0 Å². The highest BCUT2D eigenvalue weighted by atomic mass is 32.1. The number of pyridine rings is 1. The fourth-order valence-electron chi connectivity index (χ4n) is 3.88. The average molecular weight is 391 g/mol. The van der Waals surface area contributed by atoms with Gasteiger partial charge in [0.05, 0.1) is 22.4 Å². The number of aryl methyl sites for hydroxylation is 1. The molecule has 1 aromatic carbocycles. The Hall–Kier alpha value is -2.57. The van der Waals surface area contributed by atoms with Gasteiger partial charge >= 0.3 is 0 Å². The van der Waals surface area contributed by atoms with E-state index in [0.29, 0.717) is 6.61 Å². The molecular weight excluding hydrogens is 368 g/mol. The van der Waals surface area contributed by atoms with Gasteiger partial charge in [0.15, 0.2) is 0 Å². The zero-order valence-corrected chi connectivity index (χ0v) is 17.1. The zero-order chi connectivity index (χ0) is 19.3. The van der Waals surface area contributed by atoms with Crippen LogP contribution in [0.15, 0.2) is 36.7 Å². The third-order valence-electron chi connectivity index (χ3n) is 5.34. The number of hydrogen-bond donors (Lipinski definition) is 1. The number of thiophene rings is 1. The maximum Gasteiger partial charge on any atom is 0.147 e. The van der Waals surface area contributed by atoms with E-state index in [1.807, 2.05) is 6.07 Å². The van der Waals surface area contributed by atoms with Gasteiger partial charge in [0.1, 0.15) is 17.0 Å². The minimum absolute atomic E-state index is 0.177. The molecule has 5 rings (SSSR count). The van der Waals surface area contributed by atoms with Gasteiger partial charge in [-0.25, -0.2) is 15.0 Å². The number of nitrogens with zero attached hydrogens (tertiary/aromatic N) is 3. The standard InChI is InChI=1S/C22H22N4OS/c1-13-16-11-27-22(2,3)9-15(16)17-18-19(28-21(17)26-13)20(25-12-24-18)23-10-14-7-5-4-6-8-14/h4-8,12H,9-11H2,1-3H3,(H,23,24,25). The summed E-state index contributed by atoms with van der Waals surface area (Å²) in [5.41, 5.74) is 5.63. The summed E-state index contributed by atoms with van der Waals surface area (Å²) in [6.07, 6.45) is 2.52. The Morgan fingerprint density at radius 2 is 1.96 bits per heavy atom. The van der Waals surface area contributed by atoms with E-state index < -0.39 is 0 Å². The van der Waals surface area contributed by atoms with Crippen molar-refractivity contribution in [1.29, 1.82) is 0 Å². The number of hydrogen-bond acceptors (Lipinski definition) is 6. The van der Waals surface area contributed by atoms with E-state index in [4.69, 9.17) is 9.72 Å². The van der Waals surface area contributed by atoms with E-state index in [0.717, 1.165) is 39.5 Å². The number of nitrogens with one attached hydrogen (secondary N) is 1. The van der Waals surface area contributed by atoms with E-state index >= 15 is 0 Å². The SMILES string of the molecule is Cc1nc2sc3c(NCc4ccccc4)ncnc3c2c2c1COC(C)(C)C2. The van der Waals surface area contributed by atoms with Crippen LogP contribution in [0.1, 0.15) is 36.2 Å². The zero-order valence-electron chi connectivity index (χ0n) is 16.2. The summed E-state index contributed by atoms with van der Waals surface area (Å²) in [6, 6.07) is 10.4. The van der Waals surface area contributed by atoms with Crippen molar-refractivity contribution < 1.29 is 4.74 Å². The lowest BCUT2D eigenvalue weighted by molar-refractivity contribution is -0.0400. The van der Waals surface area contributed by atoms with Crippen molar-refractivity contribution in [3.8, 4) is 0 Å². The van der Waals surface area contributed by atoms with Crippen LogP contribution in [0.4, 0.5) is 5.82 Å². The molecule has 5 nitrogen and oxygen atoms in total. The molecule has 6 heteroatoms. The van der Waals surface area contributed by atoms with E-state index in [1.165, 1.54) is 22.1 Å². The Balaban J connectivity index is 1.65. The number of ether oxygens (including phenoxy) is 1. The first-order valence-corrected chi connectivity index (χ1v) is 10.3. The Morgan fingerprint density at radius 3 is 2.79 bits per heavy atom. The molecule has 0 saturated carbocycles. The summed E-state index contributed by atoms with van der Waals surface area (Å²) in [6.45, 7) is 7.71. The molecule has 4 heterocycles. The fourth-order valence-corrected chi connectivity index (χ4v) is 5.05. The third-order valence-corrected chi connectivity index (χ3v) is 6.42. The Kier molecular flexibility index (Phi) is 4.07. The van der Waals surface area contributed by atoms with Crippen molar-refractivity contribution in [3.63, 3.8) is 0 Å². The van der Waals surface area contributed by atoms with Crippen molar-refractivity contribution in [1.82, 2.24) is 15.0 Å². The van der Waals surface area contributed by atoms with E-state index in [1.54, 1.807) is 17.7 Å². The topological polar surface area (TPSA) is 59.9 Å². The molecule has 28 heavy (non-hydrogen) atoms. The predicted octanol–water partition coefficient (Wildman–Crippen LogP) is 5.01. The van der Waals surface area contributed by atoms with Gasteiger partial charge in [-0.1, -0.05) is 30.3 Å². The van der Waals surface area contributed by atoms with E-state index in [2.05, 4.69) is 60.3 Å². The highest BCUT2D eigenvalue weighted by Gasteiger charge is 2.30. The largest absolute Gasteiger partial charge is 0.370 e. The van der Waals surface area contributed by atoms with Gasteiger partial charge in [0.25, 0.3) is 0 Å². The summed E-state index contributed by atoms with van der Waals surface area (Å²) in [7, 11) is 0. The molecule has 142 valence electrons. The second-order valence-corrected chi connectivity index (χ2v) is 8.90. The normalized spacial score (nSPS) is 15.7. The molecule has 3 aromatic heterocycles. The van der Waals surface area contributed by atoms with Crippen LogP contribution in [0.25, 0.3) is 20.4 Å². The van der Waals surface area contributed by atoms with Gasteiger partial charge in [0, 0.05) is 29.6 Å². The number of anilines is 1. The van der Waals surface area contributed by atoms with E-state index in [9.17, 15) is 0 Å². The lowest BCUT2D eigenvalue weighted by Gasteiger charge is -2.32. The van der Waals surface area contributed by atoms with Gasteiger partial charge < -0.3 is 10.1 Å². The van der Waals surface area contributed by atoms with Crippen molar-refractivity contribution in [2.24, 2.45) is 0 Å². The molecule has 0 amide bonds. The van der Waals surface area contributed by atoms with Gasteiger partial charge in [-0.15, -0.1) is 11.3 Å². The molecule has 1 aliphatic heterocycles. The first-order chi connectivity index (χ1) is 13.5. The number of fused-ring (bicyclic) bond motifs is 5. The molecule has 4 aromatic rings. The number of aromatic nitrogens is 3. The van der Waals surface area contributed by atoms with Crippen LogP contribution >= 0.6 is 11.3 Å². The molecule has 0 saturated heterocycles. The summed E-state index contributed by atoms with van der Waals surface area (Å²) < 4.78 is 7.11. The Labute approximate surface area is 167 Å². The minimum Gasteiger partial charge on any atom is -0.370 e. The van der Waals surface area contributed by atoms with Crippen LogP contribution in [-0.4, -0.2) is 20.6 Å². The van der Waals surface area contributed by atoms with Crippen LogP contribution in [0.5, 0.6) is 0 Å². The summed E-state index contributed by atoms with van der Waals surface area (Å²) in [5.74, 6) is 0.870. The van der Waals surface area contributed by atoms with Crippen LogP contribution in [0.2, 0.25) is 0 Å². The molecule has 0 unspecified atom stereocenters.